The van der Waals surface area contributed by atoms with Crippen molar-refractivity contribution in [2.24, 2.45) is 0 Å². The van der Waals surface area contributed by atoms with E-state index in [4.69, 9.17) is 16.9 Å². The molecule has 3 nitrogen and oxygen atoms in total. The monoisotopic (exact) mass is 316 g/mol. The first-order valence-electron chi connectivity index (χ1n) is 6.29. The standard InChI is InChI=1S/C16H13ClN2OS/c17-14-5-1-4-13(7-14)10-21-11-16(20)19-15-6-2-3-12(8-15)9-18/h1-8H,10-11H2,(H,19,20). The number of anilines is 1. The average molecular weight is 317 g/mol. The lowest BCUT2D eigenvalue weighted by Crippen LogP contribution is -2.14. The molecule has 106 valence electrons. The maximum absolute atomic E-state index is 11.8. The summed E-state index contributed by atoms with van der Waals surface area (Å²) in [7, 11) is 0. The molecule has 5 heteroatoms. The highest BCUT2D eigenvalue weighted by Crippen LogP contribution is 2.17. The second kappa shape index (κ2) is 7.72. The Morgan fingerprint density at radius 3 is 2.81 bits per heavy atom. The highest BCUT2D eigenvalue weighted by atomic mass is 35.5. The van der Waals surface area contributed by atoms with E-state index in [2.05, 4.69) is 5.32 Å². The molecule has 0 saturated carbocycles. The maximum Gasteiger partial charge on any atom is 0.234 e. The normalized spacial score (nSPS) is 9.90. The van der Waals surface area contributed by atoms with Crippen LogP contribution in [-0.4, -0.2) is 11.7 Å². The van der Waals surface area contributed by atoms with Crippen molar-refractivity contribution in [3.8, 4) is 6.07 Å². The van der Waals surface area contributed by atoms with Crippen molar-refractivity contribution in [1.82, 2.24) is 0 Å². The number of thioether (sulfide) groups is 1. The lowest BCUT2D eigenvalue weighted by atomic mass is 10.2. The molecule has 0 saturated heterocycles. The van der Waals surface area contributed by atoms with Gasteiger partial charge < -0.3 is 5.32 Å². The van der Waals surface area contributed by atoms with Gasteiger partial charge in [0.25, 0.3) is 0 Å². The van der Waals surface area contributed by atoms with Crippen molar-refractivity contribution in [2.75, 3.05) is 11.1 Å². The smallest absolute Gasteiger partial charge is 0.234 e. The number of benzene rings is 2. The number of rotatable bonds is 5. The predicted molar refractivity (Wildman–Crippen MR) is 87.4 cm³/mol. The minimum Gasteiger partial charge on any atom is -0.325 e. The number of nitriles is 1. The number of carbonyl (C=O) groups excluding carboxylic acids is 1. The molecule has 1 amide bonds. The van der Waals surface area contributed by atoms with Crippen molar-refractivity contribution in [1.29, 1.82) is 5.26 Å². The minimum absolute atomic E-state index is 0.0860. The van der Waals surface area contributed by atoms with E-state index in [0.29, 0.717) is 22.0 Å². The Morgan fingerprint density at radius 2 is 2.05 bits per heavy atom. The molecule has 2 aromatic carbocycles. The molecule has 1 N–H and O–H groups in total. The fourth-order valence-corrected chi connectivity index (χ4v) is 2.74. The summed E-state index contributed by atoms with van der Waals surface area (Å²) >= 11 is 7.42. The first-order chi connectivity index (χ1) is 10.2. The first-order valence-corrected chi connectivity index (χ1v) is 7.83. The van der Waals surface area contributed by atoms with Crippen LogP contribution < -0.4 is 5.32 Å². The van der Waals surface area contributed by atoms with Gasteiger partial charge in [-0.2, -0.15) is 5.26 Å². The molecule has 0 aromatic heterocycles. The zero-order chi connectivity index (χ0) is 15.1. The van der Waals surface area contributed by atoms with Gasteiger partial charge in [-0.1, -0.05) is 29.8 Å². The van der Waals surface area contributed by atoms with E-state index in [1.165, 1.54) is 11.8 Å². The van der Waals surface area contributed by atoms with E-state index in [9.17, 15) is 4.79 Å². The number of hydrogen-bond acceptors (Lipinski definition) is 3. The molecule has 0 unspecified atom stereocenters. The summed E-state index contributed by atoms with van der Waals surface area (Å²) in [5.74, 6) is 0.993. The van der Waals surface area contributed by atoms with Crippen LogP contribution in [0.15, 0.2) is 48.5 Å². The van der Waals surface area contributed by atoms with E-state index in [0.717, 1.165) is 11.3 Å². The van der Waals surface area contributed by atoms with Gasteiger partial charge in [-0.25, -0.2) is 0 Å². The third kappa shape index (κ3) is 5.14. The predicted octanol–water partition coefficient (Wildman–Crippen LogP) is 4.08. The molecule has 2 aromatic rings. The molecule has 21 heavy (non-hydrogen) atoms. The van der Waals surface area contributed by atoms with Crippen LogP contribution in [-0.2, 0) is 10.5 Å². The molecular formula is C16H13ClN2OS. The number of nitrogens with zero attached hydrogens (tertiary/aromatic N) is 1. The minimum atomic E-state index is -0.0860. The molecule has 0 aliphatic heterocycles. The lowest BCUT2D eigenvalue weighted by molar-refractivity contribution is -0.113. The van der Waals surface area contributed by atoms with Gasteiger partial charge in [0.05, 0.1) is 17.4 Å². The van der Waals surface area contributed by atoms with Crippen LogP contribution in [0.2, 0.25) is 5.02 Å². The number of nitrogens with one attached hydrogen (secondary N) is 1. The van der Waals surface area contributed by atoms with Crippen molar-refractivity contribution >= 4 is 35.0 Å². The Bertz CT molecular complexity index is 682. The van der Waals surface area contributed by atoms with Gasteiger partial charge in [-0.15, -0.1) is 11.8 Å². The van der Waals surface area contributed by atoms with Crippen LogP contribution in [0, 0.1) is 11.3 Å². The number of amides is 1. The molecule has 0 fully saturated rings. The summed E-state index contributed by atoms with van der Waals surface area (Å²) < 4.78 is 0. The van der Waals surface area contributed by atoms with E-state index in [-0.39, 0.29) is 5.91 Å². The van der Waals surface area contributed by atoms with Crippen LogP contribution in [0.25, 0.3) is 0 Å². The van der Waals surface area contributed by atoms with Crippen LogP contribution in [0.1, 0.15) is 11.1 Å². The van der Waals surface area contributed by atoms with Crippen LogP contribution in [0.3, 0.4) is 0 Å². The van der Waals surface area contributed by atoms with Gasteiger partial charge >= 0.3 is 0 Å². The number of halogens is 1. The topological polar surface area (TPSA) is 52.9 Å². The summed E-state index contributed by atoms with van der Waals surface area (Å²) in [6.07, 6.45) is 0. The quantitative estimate of drug-likeness (QED) is 0.904. The zero-order valence-electron chi connectivity index (χ0n) is 11.2. The van der Waals surface area contributed by atoms with Crippen molar-refractivity contribution < 1.29 is 4.79 Å². The fourth-order valence-electron chi connectivity index (χ4n) is 1.75. The Kier molecular flexibility index (Phi) is 5.68. The summed E-state index contributed by atoms with van der Waals surface area (Å²) in [5.41, 5.74) is 2.26. The largest absolute Gasteiger partial charge is 0.325 e. The Morgan fingerprint density at radius 1 is 1.24 bits per heavy atom. The van der Waals surface area contributed by atoms with E-state index in [1.807, 2.05) is 30.3 Å². The molecule has 0 radical (unpaired) electrons. The highest BCUT2D eigenvalue weighted by molar-refractivity contribution is 7.99. The summed E-state index contributed by atoms with van der Waals surface area (Å²) in [6, 6.07) is 16.5. The van der Waals surface area contributed by atoms with Gasteiger partial charge in [0.1, 0.15) is 0 Å². The summed E-state index contributed by atoms with van der Waals surface area (Å²) in [5, 5.41) is 12.3. The molecular weight excluding hydrogens is 304 g/mol. The molecule has 0 atom stereocenters. The third-order valence-corrected chi connectivity index (χ3v) is 3.91. The Balaban J connectivity index is 1.81. The maximum atomic E-state index is 11.8. The van der Waals surface area contributed by atoms with Gasteiger partial charge in [0.15, 0.2) is 0 Å². The highest BCUT2D eigenvalue weighted by Gasteiger charge is 2.04. The number of carbonyl (C=O) groups is 1. The van der Waals surface area contributed by atoms with Crippen LogP contribution in [0.4, 0.5) is 5.69 Å². The van der Waals surface area contributed by atoms with Crippen molar-refractivity contribution in [3.63, 3.8) is 0 Å². The summed E-state index contributed by atoms with van der Waals surface area (Å²) in [4.78, 5) is 11.8. The van der Waals surface area contributed by atoms with Crippen LogP contribution >= 0.6 is 23.4 Å². The second-order valence-electron chi connectivity index (χ2n) is 4.36. The Labute approximate surface area is 132 Å². The van der Waals surface area contributed by atoms with E-state index >= 15 is 0 Å². The van der Waals surface area contributed by atoms with Gasteiger partial charge in [-0.05, 0) is 35.9 Å². The molecule has 0 aliphatic rings. The number of hydrogen-bond donors (Lipinski definition) is 1. The Hall–Kier alpha value is -1.96. The van der Waals surface area contributed by atoms with Crippen molar-refractivity contribution in [2.45, 2.75) is 5.75 Å². The molecule has 2 rings (SSSR count). The van der Waals surface area contributed by atoms with Crippen molar-refractivity contribution in [3.05, 3.63) is 64.7 Å². The van der Waals surface area contributed by atoms with Gasteiger partial charge in [0, 0.05) is 16.5 Å². The lowest BCUT2D eigenvalue weighted by Gasteiger charge is -2.05. The fraction of sp³-hybridized carbons (Fsp3) is 0.125. The third-order valence-electron chi connectivity index (χ3n) is 2.67. The molecule has 0 spiro atoms. The van der Waals surface area contributed by atoms with E-state index in [1.54, 1.807) is 24.3 Å². The van der Waals surface area contributed by atoms with E-state index < -0.39 is 0 Å². The van der Waals surface area contributed by atoms with Crippen LogP contribution in [0.5, 0.6) is 0 Å². The summed E-state index contributed by atoms with van der Waals surface area (Å²) in [6.45, 7) is 0. The molecule has 0 bridgehead atoms. The zero-order valence-corrected chi connectivity index (χ0v) is 12.7. The molecule has 0 heterocycles. The SMILES string of the molecule is N#Cc1cccc(NC(=O)CSCc2cccc(Cl)c2)c1. The average Bonchev–Trinajstić information content (AvgIpc) is 2.47. The molecule has 0 aliphatic carbocycles. The van der Waals surface area contributed by atoms with Gasteiger partial charge in [0.2, 0.25) is 5.91 Å². The second-order valence-corrected chi connectivity index (χ2v) is 5.79. The van der Waals surface area contributed by atoms with Gasteiger partial charge in [-0.3, -0.25) is 4.79 Å². The first kappa shape index (κ1) is 15.4.